The molecule has 96 valence electrons. The van der Waals surface area contributed by atoms with Crippen molar-refractivity contribution in [1.29, 1.82) is 0 Å². The lowest BCUT2D eigenvalue weighted by molar-refractivity contribution is 0.577. The number of anilines is 1. The predicted molar refractivity (Wildman–Crippen MR) is 68.8 cm³/mol. The van der Waals surface area contributed by atoms with Crippen LogP contribution in [0.2, 0.25) is 0 Å². The van der Waals surface area contributed by atoms with Crippen LogP contribution >= 0.6 is 11.8 Å². The van der Waals surface area contributed by atoms with Gasteiger partial charge in [-0.05, 0) is 18.2 Å². The summed E-state index contributed by atoms with van der Waals surface area (Å²) >= 11 is 1.20. The van der Waals surface area contributed by atoms with Gasteiger partial charge in [0.15, 0.2) is 5.65 Å². The third-order valence-electron chi connectivity index (χ3n) is 2.49. The lowest BCUT2D eigenvalue weighted by Crippen LogP contribution is -1.85. The number of aromatic amines is 1. The first-order chi connectivity index (χ1) is 9.11. The van der Waals surface area contributed by atoms with Crippen LogP contribution in [-0.4, -0.2) is 15.2 Å². The molecule has 2 heterocycles. The standard InChI is InChI=1S/C12H8F2N4S/c13-6-1-7(14)3-8(2-6)19-9-4-10-11(15)17-18-12(10)16-5-9/h1-5H,(H3,15,16,17,18). The van der Waals surface area contributed by atoms with Crippen molar-refractivity contribution in [2.75, 3.05) is 5.73 Å². The number of nitrogens with two attached hydrogens (primary N) is 1. The van der Waals surface area contributed by atoms with Crippen LogP contribution in [0, 0.1) is 11.6 Å². The van der Waals surface area contributed by atoms with Gasteiger partial charge in [-0.2, -0.15) is 5.10 Å². The van der Waals surface area contributed by atoms with Crippen molar-refractivity contribution in [2.45, 2.75) is 9.79 Å². The Balaban J connectivity index is 1.98. The number of hydrogen-bond acceptors (Lipinski definition) is 4. The number of benzene rings is 1. The quantitative estimate of drug-likeness (QED) is 0.756. The number of nitrogens with zero attached hydrogens (tertiary/aromatic N) is 2. The number of H-pyrrole nitrogens is 1. The van der Waals surface area contributed by atoms with Gasteiger partial charge in [-0.1, -0.05) is 11.8 Å². The van der Waals surface area contributed by atoms with Crippen molar-refractivity contribution >= 4 is 28.6 Å². The van der Waals surface area contributed by atoms with Crippen molar-refractivity contribution < 1.29 is 8.78 Å². The Hall–Kier alpha value is -2.15. The van der Waals surface area contributed by atoms with E-state index in [9.17, 15) is 8.78 Å². The molecular formula is C12H8F2N4S. The summed E-state index contributed by atoms with van der Waals surface area (Å²) in [6.45, 7) is 0. The highest BCUT2D eigenvalue weighted by Gasteiger charge is 2.07. The van der Waals surface area contributed by atoms with Gasteiger partial charge in [0, 0.05) is 22.1 Å². The van der Waals surface area contributed by atoms with Crippen molar-refractivity contribution in [2.24, 2.45) is 0 Å². The number of halogens is 2. The summed E-state index contributed by atoms with van der Waals surface area (Å²) in [5, 5.41) is 7.21. The third kappa shape index (κ3) is 2.37. The topological polar surface area (TPSA) is 67.6 Å². The molecule has 0 saturated carbocycles. The highest BCUT2D eigenvalue weighted by Crippen LogP contribution is 2.30. The molecule has 0 atom stereocenters. The van der Waals surface area contributed by atoms with Crippen LogP contribution < -0.4 is 5.73 Å². The zero-order valence-corrected chi connectivity index (χ0v) is 10.3. The highest BCUT2D eigenvalue weighted by molar-refractivity contribution is 7.99. The van der Waals surface area contributed by atoms with E-state index in [1.54, 1.807) is 12.3 Å². The second kappa shape index (κ2) is 4.51. The smallest absolute Gasteiger partial charge is 0.183 e. The number of fused-ring (bicyclic) bond motifs is 1. The number of nitrogens with one attached hydrogen (secondary N) is 1. The number of aromatic nitrogens is 3. The molecule has 0 spiro atoms. The maximum atomic E-state index is 13.1. The number of nitrogen functional groups attached to an aromatic ring is 1. The minimum Gasteiger partial charge on any atom is -0.384 e. The molecule has 0 amide bonds. The Bertz CT molecular complexity index is 736. The Morgan fingerprint density at radius 3 is 2.53 bits per heavy atom. The average Bonchev–Trinajstić information content (AvgIpc) is 2.70. The highest BCUT2D eigenvalue weighted by atomic mass is 32.2. The van der Waals surface area contributed by atoms with E-state index in [2.05, 4.69) is 15.2 Å². The van der Waals surface area contributed by atoms with Crippen LogP contribution in [0.3, 0.4) is 0 Å². The molecule has 0 unspecified atom stereocenters. The molecule has 0 aliphatic carbocycles. The lowest BCUT2D eigenvalue weighted by Gasteiger charge is -2.02. The van der Waals surface area contributed by atoms with E-state index in [-0.39, 0.29) is 0 Å². The van der Waals surface area contributed by atoms with Crippen LogP contribution in [0.25, 0.3) is 11.0 Å². The molecule has 3 N–H and O–H groups in total. The molecule has 0 bridgehead atoms. The Kier molecular flexibility index (Phi) is 2.83. The summed E-state index contributed by atoms with van der Waals surface area (Å²) in [5.74, 6) is -0.811. The minimum absolute atomic E-state index is 0.412. The molecule has 0 radical (unpaired) electrons. The van der Waals surface area contributed by atoms with Gasteiger partial charge in [-0.15, -0.1) is 0 Å². The summed E-state index contributed by atoms with van der Waals surface area (Å²) in [7, 11) is 0. The fraction of sp³-hybridized carbons (Fsp3) is 0. The average molecular weight is 278 g/mol. The molecule has 1 aromatic carbocycles. The van der Waals surface area contributed by atoms with Gasteiger partial charge >= 0.3 is 0 Å². The molecule has 2 aromatic heterocycles. The van der Waals surface area contributed by atoms with Crippen LogP contribution in [-0.2, 0) is 0 Å². The largest absolute Gasteiger partial charge is 0.384 e. The van der Waals surface area contributed by atoms with E-state index in [0.717, 1.165) is 11.0 Å². The van der Waals surface area contributed by atoms with Crippen LogP contribution in [0.15, 0.2) is 40.3 Å². The summed E-state index contributed by atoms with van der Waals surface area (Å²) in [4.78, 5) is 5.30. The van der Waals surface area contributed by atoms with Gasteiger partial charge in [-0.25, -0.2) is 13.8 Å². The van der Waals surface area contributed by atoms with Crippen molar-refractivity contribution in [3.05, 3.63) is 42.1 Å². The summed E-state index contributed by atoms with van der Waals surface area (Å²) in [6.07, 6.45) is 1.58. The SMILES string of the molecule is Nc1[nH]nc2ncc(Sc3cc(F)cc(F)c3)cc12. The molecule has 0 aliphatic heterocycles. The molecule has 4 nitrogen and oxygen atoms in total. The van der Waals surface area contributed by atoms with E-state index < -0.39 is 11.6 Å². The van der Waals surface area contributed by atoms with Gasteiger partial charge in [0.1, 0.15) is 17.5 Å². The third-order valence-corrected chi connectivity index (χ3v) is 3.42. The Morgan fingerprint density at radius 1 is 1.05 bits per heavy atom. The molecule has 0 saturated heterocycles. The fourth-order valence-corrected chi connectivity index (χ4v) is 2.58. The molecular weight excluding hydrogens is 270 g/mol. The van der Waals surface area contributed by atoms with Gasteiger partial charge in [-0.3, -0.25) is 5.10 Å². The van der Waals surface area contributed by atoms with E-state index in [1.807, 2.05) is 0 Å². The zero-order valence-electron chi connectivity index (χ0n) is 9.52. The maximum absolute atomic E-state index is 13.1. The van der Waals surface area contributed by atoms with Gasteiger partial charge in [0.2, 0.25) is 0 Å². The van der Waals surface area contributed by atoms with E-state index >= 15 is 0 Å². The first kappa shape index (κ1) is 11.9. The van der Waals surface area contributed by atoms with Crippen molar-refractivity contribution in [3.63, 3.8) is 0 Å². The molecule has 0 fully saturated rings. The fourth-order valence-electron chi connectivity index (χ4n) is 1.68. The predicted octanol–water partition coefficient (Wildman–Crippen LogP) is 2.97. The number of rotatable bonds is 2. The molecule has 3 aromatic rings. The van der Waals surface area contributed by atoms with Gasteiger partial charge < -0.3 is 5.73 Å². The Labute approximate surface area is 111 Å². The first-order valence-electron chi connectivity index (χ1n) is 5.35. The molecule has 0 aliphatic rings. The van der Waals surface area contributed by atoms with E-state index in [4.69, 9.17) is 5.73 Å². The Morgan fingerprint density at radius 2 is 1.79 bits per heavy atom. The second-order valence-corrected chi connectivity index (χ2v) is 5.03. The lowest BCUT2D eigenvalue weighted by atomic mass is 10.3. The minimum atomic E-state index is -0.612. The molecule has 3 rings (SSSR count). The van der Waals surface area contributed by atoms with Crippen molar-refractivity contribution in [1.82, 2.24) is 15.2 Å². The summed E-state index contributed by atoms with van der Waals surface area (Å²) in [5.41, 5.74) is 6.21. The maximum Gasteiger partial charge on any atom is 0.183 e. The van der Waals surface area contributed by atoms with E-state index in [1.165, 1.54) is 23.9 Å². The number of pyridine rings is 1. The van der Waals surface area contributed by atoms with E-state index in [0.29, 0.717) is 21.7 Å². The zero-order chi connectivity index (χ0) is 13.4. The van der Waals surface area contributed by atoms with Gasteiger partial charge in [0.25, 0.3) is 0 Å². The number of hydrogen-bond donors (Lipinski definition) is 2. The first-order valence-corrected chi connectivity index (χ1v) is 6.17. The van der Waals surface area contributed by atoms with Crippen LogP contribution in [0.4, 0.5) is 14.6 Å². The summed E-state index contributed by atoms with van der Waals surface area (Å²) in [6, 6.07) is 5.13. The summed E-state index contributed by atoms with van der Waals surface area (Å²) < 4.78 is 26.2. The second-order valence-electron chi connectivity index (χ2n) is 3.89. The van der Waals surface area contributed by atoms with Crippen molar-refractivity contribution in [3.8, 4) is 0 Å². The normalized spacial score (nSPS) is 11.1. The monoisotopic (exact) mass is 278 g/mol. The molecule has 7 heteroatoms. The van der Waals surface area contributed by atoms with Crippen LogP contribution in [0.5, 0.6) is 0 Å². The molecule has 19 heavy (non-hydrogen) atoms. The van der Waals surface area contributed by atoms with Gasteiger partial charge in [0.05, 0.1) is 5.39 Å². The van der Waals surface area contributed by atoms with Crippen LogP contribution in [0.1, 0.15) is 0 Å².